The number of halogens is 2. The molecule has 1 atom stereocenters. The van der Waals surface area contributed by atoms with Gasteiger partial charge in [-0.2, -0.15) is 0 Å². The van der Waals surface area contributed by atoms with Gasteiger partial charge < -0.3 is 5.32 Å². The van der Waals surface area contributed by atoms with Crippen LogP contribution in [0.25, 0.3) is 0 Å². The first kappa shape index (κ1) is 13.6. The van der Waals surface area contributed by atoms with Crippen LogP contribution in [0.1, 0.15) is 27.4 Å². The van der Waals surface area contributed by atoms with Gasteiger partial charge in [-0.1, -0.05) is 53.5 Å². The van der Waals surface area contributed by atoms with Gasteiger partial charge in [-0.25, -0.2) is 0 Å². The molecule has 0 spiro atoms. The lowest BCUT2D eigenvalue weighted by molar-refractivity contribution is 0.0955. The Kier molecular flexibility index (Phi) is 3.79. The zero-order valence-corrected chi connectivity index (χ0v) is 12.2. The number of Topliss-reactive ketones (excluding diaryl/α,β-unsaturated/α-hetero) is 1. The van der Waals surface area contributed by atoms with Gasteiger partial charge in [-0.3, -0.25) is 4.79 Å². The van der Waals surface area contributed by atoms with E-state index in [-0.39, 0.29) is 11.7 Å². The number of hydrogen-bond acceptors (Lipinski definition) is 2. The molecule has 0 bridgehead atoms. The molecule has 0 aromatic heterocycles. The van der Waals surface area contributed by atoms with Crippen molar-refractivity contribution in [2.24, 2.45) is 0 Å². The SMILES string of the molecule is O=C(c1cccc(Cl)c1Cl)C1CNCc2ccccc21. The standard InChI is InChI=1S/C16H13Cl2NO/c17-14-7-3-6-12(15(14)18)16(20)13-9-19-8-10-4-1-2-5-11(10)13/h1-7,13,19H,8-9H2. The van der Waals surface area contributed by atoms with E-state index in [0.717, 1.165) is 17.7 Å². The topological polar surface area (TPSA) is 29.1 Å². The summed E-state index contributed by atoms with van der Waals surface area (Å²) < 4.78 is 0. The van der Waals surface area contributed by atoms with E-state index >= 15 is 0 Å². The molecule has 0 amide bonds. The van der Waals surface area contributed by atoms with Crippen LogP contribution in [0.15, 0.2) is 42.5 Å². The summed E-state index contributed by atoms with van der Waals surface area (Å²) in [4.78, 5) is 12.8. The van der Waals surface area contributed by atoms with E-state index < -0.39 is 0 Å². The Labute approximate surface area is 127 Å². The zero-order chi connectivity index (χ0) is 14.1. The third-order valence-electron chi connectivity index (χ3n) is 3.63. The molecule has 2 aromatic rings. The molecule has 0 fully saturated rings. The second-order valence-corrected chi connectivity index (χ2v) is 5.63. The molecule has 3 rings (SSSR count). The van der Waals surface area contributed by atoms with E-state index in [4.69, 9.17) is 23.2 Å². The molecule has 1 aliphatic rings. The minimum absolute atomic E-state index is 0.0113. The van der Waals surface area contributed by atoms with Gasteiger partial charge in [0.25, 0.3) is 0 Å². The third-order valence-corrected chi connectivity index (χ3v) is 4.45. The highest BCUT2D eigenvalue weighted by Gasteiger charge is 2.28. The van der Waals surface area contributed by atoms with Crippen LogP contribution in [0, 0.1) is 0 Å². The minimum atomic E-state index is -0.212. The van der Waals surface area contributed by atoms with Crippen LogP contribution in [-0.2, 0) is 6.54 Å². The van der Waals surface area contributed by atoms with E-state index in [1.54, 1.807) is 18.2 Å². The fourth-order valence-corrected chi connectivity index (χ4v) is 3.01. The predicted molar refractivity (Wildman–Crippen MR) is 81.7 cm³/mol. The number of fused-ring (bicyclic) bond motifs is 1. The van der Waals surface area contributed by atoms with E-state index in [0.29, 0.717) is 22.2 Å². The predicted octanol–water partition coefficient (Wildman–Crippen LogP) is 4.06. The monoisotopic (exact) mass is 305 g/mol. The van der Waals surface area contributed by atoms with E-state index in [9.17, 15) is 4.79 Å². The second kappa shape index (κ2) is 5.57. The Morgan fingerprint density at radius 3 is 2.75 bits per heavy atom. The highest BCUT2D eigenvalue weighted by atomic mass is 35.5. The van der Waals surface area contributed by atoms with Gasteiger partial charge in [0.05, 0.1) is 16.0 Å². The van der Waals surface area contributed by atoms with Gasteiger partial charge in [0, 0.05) is 18.7 Å². The normalized spacial score (nSPS) is 17.6. The summed E-state index contributed by atoms with van der Waals surface area (Å²) in [5, 5.41) is 4.03. The van der Waals surface area contributed by atoms with Crippen LogP contribution in [0.2, 0.25) is 10.0 Å². The molecule has 1 aliphatic heterocycles. The fourth-order valence-electron chi connectivity index (χ4n) is 2.61. The number of carbonyl (C=O) groups excluding carboxylic acids is 1. The summed E-state index contributed by atoms with van der Waals surface area (Å²) in [6.45, 7) is 1.42. The van der Waals surface area contributed by atoms with Gasteiger partial charge in [0.15, 0.2) is 5.78 Å². The van der Waals surface area contributed by atoms with Crippen LogP contribution < -0.4 is 5.32 Å². The highest BCUT2D eigenvalue weighted by molar-refractivity contribution is 6.44. The molecule has 0 radical (unpaired) electrons. The molecular formula is C16H13Cl2NO. The van der Waals surface area contributed by atoms with Crippen molar-refractivity contribution >= 4 is 29.0 Å². The maximum atomic E-state index is 12.8. The Morgan fingerprint density at radius 1 is 1.10 bits per heavy atom. The molecule has 0 saturated carbocycles. The van der Waals surface area contributed by atoms with Gasteiger partial charge in [0.2, 0.25) is 0 Å². The lowest BCUT2D eigenvalue weighted by Gasteiger charge is -2.25. The summed E-state index contributed by atoms with van der Waals surface area (Å²) in [5.74, 6) is -0.201. The van der Waals surface area contributed by atoms with Crippen LogP contribution in [0.5, 0.6) is 0 Å². The van der Waals surface area contributed by atoms with Crippen molar-refractivity contribution in [1.29, 1.82) is 0 Å². The van der Waals surface area contributed by atoms with E-state index in [1.165, 1.54) is 0 Å². The second-order valence-electron chi connectivity index (χ2n) is 4.85. The van der Waals surface area contributed by atoms with E-state index in [1.807, 2.05) is 24.3 Å². The Hall–Kier alpha value is -1.35. The maximum Gasteiger partial charge on any atom is 0.173 e. The van der Waals surface area contributed by atoms with Crippen molar-refractivity contribution in [3.05, 3.63) is 69.2 Å². The maximum absolute atomic E-state index is 12.8. The summed E-state index contributed by atoms with van der Waals surface area (Å²) >= 11 is 12.2. The van der Waals surface area contributed by atoms with Crippen molar-refractivity contribution in [3.63, 3.8) is 0 Å². The van der Waals surface area contributed by atoms with E-state index in [2.05, 4.69) is 5.32 Å². The molecule has 0 aliphatic carbocycles. The molecule has 4 heteroatoms. The van der Waals surface area contributed by atoms with Gasteiger partial charge in [-0.05, 0) is 23.3 Å². The molecule has 2 nitrogen and oxygen atoms in total. The largest absolute Gasteiger partial charge is 0.312 e. The number of ketones is 1. The zero-order valence-electron chi connectivity index (χ0n) is 10.7. The number of rotatable bonds is 2. The molecule has 0 saturated heterocycles. The summed E-state index contributed by atoms with van der Waals surface area (Å²) in [5.41, 5.74) is 2.73. The first-order valence-electron chi connectivity index (χ1n) is 6.45. The number of carbonyl (C=O) groups is 1. The Balaban J connectivity index is 2.02. The highest BCUT2D eigenvalue weighted by Crippen LogP contribution is 2.32. The molecule has 1 unspecified atom stereocenters. The molecule has 102 valence electrons. The van der Waals surface area contributed by atoms with Crippen molar-refractivity contribution in [2.75, 3.05) is 6.54 Å². The quantitative estimate of drug-likeness (QED) is 0.848. The summed E-state index contributed by atoms with van der Waals surface area (Å²) in [7, 11) is 0. The third kappa shape index (κ3) is 2.35. The number of benzene rings is 2. The first-order valence-corrected chi connectivity index (χ1v) is 7.21. The van der Waals surface area contributed by atoms with Crippen molar-refractivity contribution in [3.8, 4) is 0 Å². The average Bonchev–Trinajstić information content (AvgIpc) is 2.49. The molecule has 1 heterocycles. The number of hydrogen-bond donors (Lipinski definition) is 1. The molecule has 2 aromatic carbocycles. The smallest absolute Gasteiger partial charge is 0.173 e. The average molecular weight is 306 g/mol. The van der Waals surface area contributed by atoms with Crippen LogP contribution >= 0.6 is 23.2 Å². The lowest BCUT2D eigenvalue weighted by Crippen LogP contribution is -2.32. The Morgan fingerprint density at radius 2 is 1.90 bits per heavy atom. The van der Waals surface area contributed by atoms with Crippen molar-refractivity contribution in [1.82, 2.24) is 5.32 Å². The number of nitrogens with one attached hydrogen (secondary N) is 1. The molecular weight excluding hydrogens is 293 g/mol. The van der Waals surface area contributed by atoms with Crippen molar-refractivity contribution < 1.29 is 4.79 Å². The van der Waals surface area contributed by atoms with Gasteiger partial charge in [0.1, 0.15) is 0 Å². The molecule has 20 heavy (non-hydrogen) atoms. The summed E-state index contributed by atoms with van der Waals surface area (Å²) in [6.07, 6.45) is 0. The van der Waals surface area contributed by atoms with Gasteiger partial charge in [-0.15, -0.1) is 0 Å². The van der Waals surface area contributed by atoms with Crippen LogP contribution in [0.3, 0.4) is 0 Å². The Bertz CT molecular complexity index is 669. The lowest BCUT2D eigenvalue weighted by atomic mass is 9.85. The summed E-state index contributed by atoms with van der Waals surface area (Å²) in [6, 6.07) is 13.2. The van der Waals surface area contributed by atoms with Gasteiger partial charge >= 0.3 is 0 Å². The molecule has 1 N–H and O–H groups in total. The minimum Gasteiger partial charge on any atom is -0.312 e. The van der Waals surface area contributed by atoms with Crippen molar-refractivity contribution in [2.45, 2.75) is 12.5 Å². The van der Waals surface area contributed by atoms with Crippen LogP contribution in [-0.4, -0.2) is 12.3 Å². The first-order chi connectivity index (χ1) is 9.68. The van der Waals surface area contributed by atoms with Crippen LogP contribution in [0.4, 0.5) is 0 Å². The fraction of sp³-hybridized carbons (Fsp3) is 0.188.